The summed E-state index contributed by atoms with van der Waals surface area (Å²) in [4.78, 5) is 1.31. The van der Waals surface area contributed by atoms with E-state index in [0.29, 0.717) is 5.41 Å². The Hall–Kier alpha value is -0.670. The van der Waals surface area contributed by atoms with Crippen LogP contribution in [-0.4, -0.2) is 19.3 Å². The Morgan fingerprint density at radius 2 is 2.00 bits per heavy atom. The normalized spacial score (nSPS) is 17.5. The number of nitrogens with two attached hydrogens (primary N) is 1. The van der Waals surface area contributed by atoms with Crippen molar-refractivity contribution >= 4 is 17.4 Å². The fraction of sp³-hybridized carbons (Fsp3) is 0.500. The molecule has 0 spiro atoms. The van der Waals surface area contributed by atoms with Crippen LogP contribution in [0.25, 0.3) is 0 Å². The van der Waals surface area contributed by atoms with Gasteiger partial charge in [-0.15, -0.1) is 11.8 Å². The molecule has 3 heteroatoms. The summed E-state index contributed by atoms with van der Waals surface area (Å²) >= 11 is 1.77. The lowest BCUT2D eigenvalue weighted by atomic mass is 10.1. The van der Waals surface area contributed by atoms with Gasteiger partial charge in [-0.2, -0.15) is 0 Å². The first-order valence-corrected chi connectivity index (χ1v) is 6.58. The van der Waals surface area contributed by atoms with Gasteiger partial charge in [-0.05, 0) is 55.3 Å². The minimum absolute atomic E-state index is 0.401. The van der Waals surface area contributed by atoms with Crippen LogP contribution in [0.15, 0.2) is 29.2 Å². The molecule has 1 saturated carbocycles. The molecule has 1 aromatic rings. The van der Waals surface area contributed by atoms with E-state index in [9.17, 15) is 0 Å². The van der Waals surface area contributed by atoms with Crippen molar-refractivity contribution in [3.8, 4) is 0 Å². The summed E-state index contributed by atoms with van der Waals surface area (Å²) in [5.41, 5.74) is 7.34. The molecule has 0 radical (unpaired) electrons. The van der Waals surface area contributed by atoms with Crippen LogP contribution in [0, 0.1) is 5.41 Å². The molecule has 1 aromatic carbocycles. The largest absolute Gasteiger partial charge is 0.384 e. The third-order valence-electron chi connectivity index (χ3n) is 3.15. The van der Waals surface area contributed by atoms with Gasteiger partial charge in [0.1, 0.15) is 0 Å². The van der Waals surface area contributed by atoms with E-state index in [1.165, 1.54) is 23.4 Å². The van der Waals surface area contributed by atoms with Crippen molar-refractivity contribution in [3.63, 3.8) is 0 Å². The molecule has 1 aliphatic carbocycles. The maximum atomic E-state index is 5.74. The maximum absolute atomic E-state index is 5.74. The van der Waals surface area contributed by atoms with Crippen molar-refractivity contribution in [2.24, 2.45) is 11.1 Å². The number of nitrogens with one attached hydrogen (secondary N) is 1. The van der Waals surface area contributed by atoms with Gasteiger partial charge in [0.25, 0.3) is 0 Å². The molecule has 0 atom stereocenters. The number of hydrogen-bond acceptors (Lipinski definition) is 3. The van der Waals surface area contributed by atoms with Crippen LogP contribution in [-0.2, 0) is 0 Å². The van der Waals surface area contributed by atoms with E-state index in [1.807, 2.05) is 0 Å². The summed E-state index contributed by atoms with van der Waals surface area (Å²) in [5, 5.41) is 3.46. The second-order valence-corrected chi connectivity index (χ2v) is 5.17. The SMILES string of the molecule is CSc1ccc(NCC2(CN)CC2)cc1. The van der Waals surface area contributed by atoms with Gasteiger partial charge in [-0.25, -0.2) is 0 Å². The molecule has 3 N–H and O–H groups in total. The van der Waals surface area contributed by atoms with Crippen molar-refractivity contribution < 1.29 is 0 Å². The molecule has 1 fully saturated rings. The number of anilines is 1. The Bertz CT molecular complexity index is 317. The van der Waals surface area contributed by atoms with E-state index in [1.54, 1.807) is 11.8 Å². The van der Waals surface area contributed by atoms with Gasteiger partial charge in [0, 0.05) is 17.1 Å². The average molecular weight is 222 g/mol. The predicted octanol–water partition coefficient (Wildman–Crippen LogP) is 2.56. The molecule has 0 heterocycles. The van der Waals surface area contributed by atoms with Crippen LogP contribution < -0.4 is 11.1 Å². The molecule has 2 nitrogen and oxygen atoms in total. The molecule has 0 unspecified atom stereocenters. The molecule has 0 saturated heterocycles. The summed E-state index contributed by atoms with van der Waals surface area (Å²) in [6.45, 7) is 1.82. The third-order valence-corrected chi connectivity index (χ3v) is 3.89. The van der Waals surface area contributed by atoms with Crippen LogP contribution >= 0.6 is 11.8 Å². The highest BCUT2D eigenvalue weighted by molar-refractivity contribution is 7.98. The molecule has 1 aliphatic rings. The van der Waals surface area contributed by atoms with E-state index >= 15 is 0 Å². The van der Waals surface area contributed by atoms with Gasteiger partial charge in [0.2, 0.25) is 0 Å². The van der Waals surface area contributed by atoms with E-state index in [0.717, 1.165) is 13.1 Å². The molecular weight excluding hydrogens is 204 g/mol. The van der Waals surface area contributed by atoms with Gasteiger partial charge in [-0.1, -0.05) is 0 Å². The molecule has 82 valence electrons. The summed E-state index contributed by atoms with van der Waals surface area (Å²) in [5.74, 6) is 0. The van der Waals surface area contributed by atoms with Gasteiger partial charge < -0.3 is 11.1 Å². The van der Waals surface area contributed by atoms with E-state index in [4.69, 9.17) is 5.73 Å². The summed E-state index contributed by atoms with van der Waals surface area (Å²) in [7, 11) is 0. The summed E-state index contributed by atoms with van der Waals surface area (Å²) in [6.07, 6.45) is 4.65. The highest BCUT2D eigenvalue weighted by Crippen LogP contribution is 2.44. The first kappa shape index (κ1) is 10.8. The lowest BCUT2D eigenvalue weighted by Crippen LogP contribution is -2.24. The third kappa shape index (κ3) is 2.67. The average Bonchev–Trinajstić information content (AvgIpc) is 3.08. The number of hydrogen-bond donors (Lipinski definition) is 2. The molecule has 2 rings (SSSR count). The standard InChI is InChI=1S/C12H18N2S/c1-15-11-4-2-10(3-5-11)14-9-12(8-13)6-7-12/h2-5,14H,6-9,13H2,1H3. The second kappa shape index (κ2) is 4.45. The van der Waals surface area contributed by atoms with Gasteiger partial charge in [0.05, 0.1) is 0 Å². The smallest absolute Gasteiger partial charge is 0.0341 e. The van der Waals surface area contributed by atoms with Crippen molar-refractivity contribution in [1.29, 1.82) is 0 Å². The van der Waals surface area contributed by atoms with Gasteiger partial charge >= 0.3 is 0 Å². The van der Waals surface area contributed by atoms with E-state index in [2.05, 4.69) is 35.8 Å². The monoisotopic (exact) mass is 222 g/mol. The fourth-order valence-corrected chi connectivity index (χ4v) is 2.04. The van der Waals surface area contributed by atoms with E-state index < -0.39 is 0 Å². The number of thioether (sulfide) groups is 1. The molecule has 15 heavy (non-hydrogen) atoms. The Balaban J connectivity index is 1.88. The van der Waals surface area contributed by atoms with E-state index in [-0.39, 0.29) is 0 Å². The molecule has 0 amide bonds. The van der Waals surface area contributed by atoms with Crippen molar-refractivity contribution in [1.82, 2.24) is 0 Å². The van der Waals surface area contributed by atoms with Crippen molar-refractivity contribution in [2.75, 3.05) is 24.7 Å². The minimum atomic E-state index is 0.401. The Kier molecular flexibility index (Phi) is 3.22. The van der Waals surface area contributed by atoms with Crippen molar-refractivity contribution in [3.05, 3.63) is 24.3 Å². The zero-order valence-corrected chi connectivity index (χ0v) is 9.94. The zero-order valence-electron chi connectivity index (χ0n) is 9.12. The first-order chi connectivity index (χ1) is 7.28. The van der Waals surface area contributed by atoms with Crippen LogP contribution in [0.4, 0.5) is 5.69 Å². The molecule has 0 bridgehead atoms. The molecule has 0 aliphatic heterocycles. The Labute approximate surface area is 95.6 Å². The Morgan fingerprint density at radius 3 is 2.47 bits per heavy atom. The van der Waals surface area contributed by atoms with Crippen LogP contribution in [0.3, 0.4) is 0 Å². The Morgan fingerprint density at radius 1 is 1.33 bits per heavy atom. The number of rotatable bonds is 5. The lowest BCUT2D eigenvalue weighted by molar-refractivity contribution is 0.556. The minimum Gasteiger partial charge on any atom is -0.384 e. The fourth-order valence-electron chi connectivity index (χ4n) is 1.63. The lowest BCUT2D eigenvalue weighted by Gasteiger charge is -2.14. The van der Waals surface area contributed by atoms with Crippen molar-refractivity contribution in [2.45, 2.75) is 17.7 Å². The highest BCUT2D eigenvalue weighted by atomic mass is 32.2. The molecule has 0 aromatic heterocycles. The summed E-state index contributed by atoms with van der Waals surface area (Å²) < 4.78 is 0. The quantitative estimate of drug-likeness (QED) is 0.752. The highest BCUT2D eigenvalue weighted by Gasteiger charge is 2.40. The number of benzene rings is 1. The topological polar surface area (TPSA) is 38.0 Å². The van der Waals surface area contributed by atoms with Gasteiger partial charge in [0.15, 0.2) is 0 Å². The van der Waals surface area contributed by atoms with Crippen LogP contribution in [0.1, 0.15) is 12.8 Å². The first-order valence-electron chi connectivity index (χ1n) is 5.36. The zero-order chi connectivity index (χ0) is 10.7. The summed E-state index contributed by atoms with van der Waals surface area (Å²) in [6, 6.07) is 8.57. The maximum Gasteiger partial charge on any atom is 0.0341 e. The van der Waals surface area contributed by atoms with Crippen LogP contribution in [0.2, 0.25) is 0 Å². The van der Waals surface area contributed by atoms with Crippen LogP contribution in [0.5, 0.6) is 0 Å². The predicted molar refractivity (Wildman–Crippen MR) is 67.4 cm³/mol. The van der Waals surface area contributed by atoms with Gasteiger partial charge in [-0.3, -0.25) is 0 Å². The second-order valence-electron chi connectivity index (χ2n) is 4.29. The molecular formula is C12H18N2S.